The minimum absolute atomic E-state index is 0.187. The van der Waals surface area contributed by atoms with Crippen molar-refractivity contribution < 1.29 is 14.6 Å². The van der Waals surface area contributed by atoms with Gasteiger partial charge in [-0.3, -0.25) is 5.41 Å². The van der Waals surface area contributed by atoms with Crippen LogP contribution in [0.15, 0.2) is 24.3 Å². The maximum atomic E-state index is 9.84. The molecule has 0 amide bonds. The van der Waals surface area contributed by atoms with Gasteiger partial charge in [0.1, 0.15) is 5.75 Å². The Bertz CT molecular complexity index is 352. The lowest BCUT2D eigenvalue weighted by Gasteiger charge is -2.15. The highest BCUT2D eigenvalue weighted by Gasteiger charge is 2.18. The van der Waals surface area contributed by atoms with Gasteiger partial charge in [-0.05, 0) is 12.5 Å². The standard InChI is InChI=1S/C12H17NO3/c1-3-8-16-10-7-5-4-6-9(10)11(14)12(13)15-2/h4-7,11,13-14H,3,8H2,1-2H3. The number of hydrogen-bond acceptors (Lipinski definition) is 4. The molecule has 0 aliphatic heterocycles. The zero-order valence-electron chi connectivity index (χ0n) is 9.56. The second-order valence-electron chi connectivity index (χ2n) is 3.36. The summed E-state index contributed by atoms with van der Waals surface area (Å²) in [6, 6.07) is 7.12. The number of ether oxygens (including phenoxy) is 2. The van der Waals surface area contributed by atoms with Crippen LogP contribution in [-0.4, -0.2) is 24.7 Å². The number of para-hydroxylation sites is 1. The Hall–Kier alpha value is -1.55. The zero-order valence-corrected chi connectivity index (χ0v) is 9.56. The summed E-state index contributed by atoms with van der Waals surface area (Å²) < 4.78 is 10.2. The van der Waals surface area contributed by atoms with Gasteiger partial charge >= 0.3 is 0 Å². The van der Waals surface area contributed by atoms with Crippen molar-refractivity contribution >= 4 is 5.90 Å². The summed E-state index contributed by atoms with van der Waals surface area (Å²) in [6.07, 6.45) is -0.176. The van der Waals surface area contributed by atoms with Crippen molar-refractivity contribution in [3.8, 4) is 5.75 Å². The van der Waals surface area contributed by atoms with E-state index < -0.39 is 6.10 Å². The molecule has 0 saturated heterocycles. The lowest BCUT2D eigenvalue weighted by Crippen LogP contribution is -2.14. The Morgan fingerprint density at radius 3 is 2.75 bits per heavy atom. The molecule has 0 aromatic heterocycles. The number of hydrogen-bond donors (Lipinski definition) is 2. The van der Waals surface area contributed by atoms with Crippen molar-refractivity contribution in [3.05, 3.63) is 29.8 Å². The second kappa shape index (κ2) is 6.12. The summed E-state index contributed by atoms with van der Waals surface area (Å²) in [6.45, 7) is 2.60. The fourth-order valence-corrected chi connectivity index (χ4v) is 1.30. The van der Waals surface area contributed by atoms with Gasteiger partial charge in [0.15, 0.2) is 6.10 Å². The smallest absolute Gasteiger partial charge is 0.214 e. The first-order valence-electron chi connectivity index (χ1n) is 5.23. The Morgan fingerprint density at radius 1 is 1.44 bits per heavy atom. The first-order chi connectivity index (χ1) is 7.70. The van der Waals surface area contributed by atoms with Crippen LogP contribution in [0.25, 0.3) is 0 Å². The van der Waals surface area contributed by atoms with E-state index in [-0.39, 0.29) is 5.90 Å². The largest absolute Gasteiger partial charge is 0.493 e. The van der Waals surface area contributed by atoms with E-state index in [1.54, 1.807) is 18.2 Å². The molecule has 0 radical (unpaired) electrons. The first-order valence-corrected chi connectivity index (χ1v) is 5.23. The molecule has 2 N–H and O–H groups in total. The fraction of sp³-hybridized carbons (Fsp3) is 0.417. The first kappa shape index (κ1) is 12.5. The van der Waals surface area contributed by atoms with E-state index in [0.717, 1.165) is 6.42 Å². The number of aliphatic hydroxyl groups is 1. The van der Waals surface area contributed by atoms with Gasteiger partial charge in [-0.2, -0.15) is 0 Å². The molecular weight excluding hydrogens is 206 g/mol. The van der Waals surface area contributed by atoms with Crippen molar-refractivity contribution in [1.29, 1.82) is 5.41 Å². The second-order valence-corrected chi connectivity index (χ2v) is 3.36. The SMILES string of the molecule is CCCOc1ccccc1C(O)C(=N)OC. The predicted octanol–water partition coefficient (Wildman–Crippen LogP) is 2.13. The molecule has 4 heteroatoms. The molecular formula is C12H17NO3. The van der Waals surface area contributed by atoms with E-state index in [1.807, 2.05) is 13.0 Å². The molecule has 4 nitrogen and oxygen atoms in total. The number of nitrogens with one attached hydrogen (secondary N) is 1. The zero-order chi connectivity index (χ0) is 12.0. The average Bonchev–Trinajstić information content (AvgIpc) is 2.34. The fourth-order valence-electron chi connectivity index (χ4n) is 1.30. The average molecular weight is 223 g/mol. The highest BCUT2D eigenvalue weighted by Crippen LogP contribution is 2.25. The minimum atomic E-state index is -1.07. The number of methoxy groups -OCH3 is 1. The molecule has 0 aliphatic rings. The van der Waals surface area contributed by atoms with E-state index in [1.165, 1.54) is 7.11 Å². The molecule has 0 bridgehead atoms. The van der Waals surface area contributed by atoms with Crippen molar-refractivity contribution in [1.82, 2.24) is 0 Å². The van der Waals surface area contributed by atoms with Crippen LogP contribution < -0.4 is 4.74 Å². The lowest BCUT2D eigenvalue weighted by atomic mass is 10.1. The van der Waals surface area contributed by atoms with Gasteiger partial charge in [-0.15, -0.1) is 0 Å². The van der Waals surface area contributed by atoms with Gasteiger partial charge in [-0.25, -0.2) is 0 Å². The van der Waals surface area contributed by atoms with Gasteiger partial charge in [0.2, 0.25) is 5.90 Å². The molecule has 16 heavy (non-hydrogen) atoms. The summed E-state index contributed by atoms with van der Waals surface area (Å²) >= 11 is 0. The summed E-state index contributed by atoms with van der Waals surface area (Å²) in [7, 11) is 1.36. The highest BCUT2D eigenvalue weighted by molar-refractivity contribution is 5.79. The van der Waals surface area contributed by atoms with Crippen LogP contribution in [0.3, 0.4) is 0 Å². The van der Waals surface area contributed by atoms with Crippen LogP contribution in [0.5, 0.6) is 5.75 Å². The van der Waals surface area contributed by atoms with E-state index in [9.17, 15) is 5.11 Å². The molecule has 0 spiro atoms. The Balaban J connectivity index is 2.89. The summed E-state index contributed by atoms with van der Waals surface area (Å²) in [5, 5.41) is 17.3. The van der Waals surface area contributed by atoms with Crippen LogP contribution in [0.1, 0.15) is 25.0 Å². The van der Waals surface area contributed by atoms with Crippen LogP contribution in [0, 0.1) is 5.41 Å². The Kier molecular flexibility index (Phi) is 4.79. The Labute approximate surface area is 95.3 Å². The van der Waals surface area contributed by atoms with Crippen LogP contribution >= 0.6 is 0 Å². The summed E-state index contributed by atoms with van der Waals surface area (Å²) in [4.78, 5) is 0. The van der Waals surface area contributed by atoms with Crippen molar-refractivity contribution in [2.45, 2.75) is 19.4 Å². The number of aliphatic hydroxyl groups excluding tert-OH is 1. The quantitative estimate of drug-likeness (QED) is 0.593. The van der Waals surface area contributed by atoms with E-state index in [4.69, 9.17) is 14.9 Å². The van der Waals surface area contributed by atoms with Gasteiger partial charge in [0.25, 0.3) is 0 Å². The maximum absolute atomic E-state index is 9.84. The summed E-state index contributed by atoms with van der Waals surface area (Å²) in [5.74, 6) is 0.409. The van der Waals surface area contributed by atoms with Crippen LogP contribution in [-0.2, 0) is 4.74 Å². The molecule has 1 rings (SSSR count). The normalized spacial score (nSPS) is 11.9. The molecule has 0 aliphatic carbocycles. The highest BCUT2D eigenvalue weighted by atomic mass is 16.5. The van der Waals surface area contributed by atoms with Crippen LogP contribution in [0.4, 0.5) is 0 Å². The Morgan fingerprint density at radius 2 is 2.12 bits per heavy atom. The minimum Gasteiger partial charge on any atom is -0.493 e. The molecule has 0 fully saturated rings. The monoisotopic (exact) mass is 223 g/mol. The molecule has 1 aromatic carbocycles. The van der Waals surface area contributed by atoms with Crippen molar-refractivity contribution in [2.75, 3.05) is 13.7 Å². The third-order valence-electron chi connectivity index (χ3n) is 2.14. The van der Waals surface area contributed by atoms with Gasteiger partial charge in [0, 0.05) is 5.56 Å². The number of rotatable bonds is 5. The van der Waals surface area contributed by atoms with Gasteiger partial charge in [-0.1, -0.05) is 25.1 Å². The lowest BCUT2D eigenvalue weighted by molar-refractivity contribution is 0.198. The topological polar surface area (TPSA) is 62.5 Å². The van der Waals surface area contributed by atoms with Gasteiger partial charge < -0.3 is 14.6 Å². The number of benzene rings is 1. The van der Waals surface area contributed by atoms with Gasteiger partial charge in [0.05, 0.1) is 13.7 Å². The molecule has 0 heterocycles. The third kappa shape index (κ3) is 2.97. The molecule has 0 saturated carbocycles. The predicted molar refractivity (Wildman–Crippen MR) is 61.9 cm³/mol. The molecule has 1 aromatic rings. The maximum Gasteiger partial charge on any atom is 0.214 e. The molecule has 1 unspecified atom stereocenters. The van der Waals surface area contributed by atoms with Crippen molar-refractivity contribution in [3.63, 3.8) is 0 Å². The summed E-state index contributed by atoms with van der Waals surface area (Å²) in [5.41, 5.74) is 0.558. The van der Waals surface area contributed by atoms with E-state index in [2.05, 4.69) is 0 Å². The van der Waals surface area contributed by atoms with Crippen molar-refractivity contribution in [2.24, 2.45) is 0 Å². The molecule has 88 valence electrons. The van der Waals surface area contributed by atoms with Crippen LogP contribution in [0.2, 0.25) is 0 Å². The van der Waals surface area contributed by atoms with E-state index >= 15 is 0 Å². The third-order valence-corrected chi connectivity index (χ3v) is 2.14. The van der Waals surface area contributed by atoms with E-state index in [0.29, 0.717) is 17.9 Å². The molecule has 1 atom stereocenters.